The minimum absolute atomic E-state index is 0.255. The van der Waals surface area contributed by atoms with Crippen LogP contribution in [0.25, 0.3) is 5.65 Å². The van der Waals surface area contributed by atoms with Crippen LogP contribution in [-0.4, -0.2) is 28.2 Å². The topological polar surface area (TPSA) is 60.7 Å². The summed E-state index contributed by atoms with van der Waals surface area (Å²) >= 11 is 0. The quantitative estimate of drug-likeness (QED) is 0.588. The zero-order valence-corrected chi connectivity index (χ0v) is 9.42. The number of aromatic nitrogens is 2. The van der Waals surface area contributed by atoms with Crippen LogP contribution < -0.4 is 0 Å². The van der Waals surface area contributed by atoms with E-state index in [9.17, 15) is 9.59 Å². The van der Waals surface area contributed by atoms with Crippen molar-refractivity contribution in [2.45, 2.75) is 13.3 Å². The summed E-state index contributed by atoms with van der Waals surface area (Å²) in [6.45, 7) is 2.05. The predicted molar refractivity (Wildman–Crippen MR) is 60.9 cm³/mol. The summed E-state index contributed by atoms with van der Waals surface area (Å²) in [6, 6.07) is 5.39. The lowest BCUT2D eigenvalue weighted by atomic mass is 10.3. The molecule has 0 N–H and O–H groups in total. The molecule has 5 nitrogen and oxygen atoms in total. The van der Waals surface area contributed by atoms with Gasteiger partial charge in [0.2, 0.25) is 0 Å². The maximum absolute atomic E-state index is 11.5. The van der Waals surface area contributed by atoms with Crippen LogP contribution in [0.5, 0.6) is 0 Å². The van der Waals surface area contributed by atoms with Gasteiger partial charge in [0.1, 0.15) is 11.9 Å². The Kier molecular flexibility index (Phi) is 3.18. The molecule has 0 aliphatic carbocycles. The maximum Gasteiger partial charge on any atom is 0.358 e. The molecule has 0 radical (unpaired) electrons. The van der Waals surface area contributed by atoms with Gasteiger partial charge in [0.15, 0.2) is 5.69 Å². The van der Waals surface area contributed by atoms with Gasteiger partial charge < -0.3 is 13.9 Å². The highest BCUT2D eigenvalue weighted by molar-refractivity contribution is 5.88. The van der Waals surface area contributed by atoms with E-state index in [1.165, 1.54) is 0 Å². The van der Waals surface area contributed by atoms with Crippen LogP contribution in [0.4, 0.5) is 0 Å². The molecule has 17 heavy (non-hydrogen) atoms. The lowest BCUT2D eigenvalue weighted by Gasteiger charge is -1.99. The molecule has 0 aliphatic rings. The molecule has 2 aromatic heterocycles. The molecule has 0 spiro atoms. The van der Waals surface area contributed by atoms with Gasteiger partial charge in [-0.2, -0.15) is 0 Å². The van der Waals surface area contributed by atoms with Crippen molar-refractivity contribution in [1.29, 1.82) is 0 Å². The van der Waals surface area contributed by atoms with Crippen LogP contribution in [0.15, 0.2) is 24.4 Å². The van der Waals surface area contributed by atoms with Gasteiger partial charge in [0.05, 0.1) is 6.61 Å². The number of aldehydes is 1. The number of fused-ring (bicyclic) bond motifs is 1. The SMILES string of the molecule is CCOC(=O)c1cn2c(CC=O)cccc2n1. The van der Waals surface area contributed by atoms with E-state index in [1.807, 2.05) is 6.07 Å². The zero-order valence-electron chi connectivity index (χ0n) is 9.42. The molecule has 2 aromatic rings. The first kappa shape index (κ1) is 11.3. The van der Waals surface area contributed by atoms with Crippen molar-refractivity contribution in [3.63, 3.8) is 0 Å². The van der Waals surface area contributed by atoms with Crippen LogP contribution in [0, 0.1) is 0 Å². The number of hydrogen-bond acceptors (Lipinski definition) is 4. The second-order valence-corrected chi connectivity index (χ2v) is 3.46. The summed E-state index contributed by atoms with van der Waals surface area (Å²) in [5.74, 6) is -0.451. The molecule has 5 heteroatoms. The molecular weight excluding hydrogens is 220 g/mol. The fourth-order valence-electron chi connectivity index (χ4n) is 1.62. The number of rotatable bonds is 4. The van der Waals surface area contributed by atoms with E-state index < -0.39 is 5.97 Å². The number of nitrogens with zero attached hydrogens (tertiary/aromatic N) is 2. The van der Waals surface area contributed by atoms with E-state index in [0.717, 1.165) is 12.0 Å². The molecule has 0 saturated carbocycles. The third-order valence-corrected chi connectivity index (χ3v) is 2.35. The smallest absolute Gasteiger partial charge is 0.358 e. The highest BCUT2D eigenvalue weighted by Crippen LogP contribution is 2.10. The Hall–Kier alpha value is -2.17. The summed E-state index contributed by atoms with van der Waals surface area (Å²) in [7, 11) is 0. The number of ether oxygens (including phenoxy) is 1. The van der Waals surface area contributed by atoms with Gasteiger partial charge in [-0.05, 0) is 19.1 Å². The van der Waals surface area contributed by atoms with Crippen molar-refractivity contribution < 1.29 is 14.3 Å². The second kappa shape index (κ2) is 4.78. The Morgan fingerprint density at radius 2 is 2.35 bits per heavy atom. The van der Waals surface area contributed by atoms with Crippen molar-refractivity contribution in [2.75, 3.05) is 6.61 Å². The molecule has 0 saturated heterocycles. The Morgan fingerprint density at radius 3 is 3.06 bits per heavy atom. The summed E-state index contributed by atoms with van der Waals surface area (Å²) in [5.41, 5.74) is 1.68. The lowest BCUT2D eigenvalue weighted by Crippen LogP contribution is -2.04. The van der Waals surface area contributed by atoms with Gasteiger partial charge in [-0.15, -0.1) is 0 Å². The van der Waals surface area contributed by atoms with Gasteiger partial charge in [-0.25, -0.2) is 9.78 Å². The first-order valence-corrected chi connectivity index (χ1v) is 5.34. The molecule has 0 aromatic carbocycles. The molecule has 0 atom stereocenters. The minimum atomic E-state index is -0.451. The van der Waals surface area contributed by atoms with Crippen LogP contribution in [0.2, 0.25) is 0 Å². The fraction of sp³-hybridized carbons (Fsp3) is 0.250. The lowest BCUT2D eigenvalue weighted by molar-refractivity contribution is -0.107. The summed E-state index contributed by atoms with van der Waals surface area (Å²) in [4.78, 5) is 26.2. The van der Waals surface area contributed by atoms with Gasteiger partial charge in [-0.3, -0.25) is 0 Å². The highest BCUT2D eigenvalue weighted by atomic mass is 16.5. The Labute approximate surface area is 98.0 Å². The molecule has 0 fully saturated rings. The summed E-state index contributed by atoms with van der Waals surface area (Å²) < 4.78 is 6.60. The Morgan fingerprint density at radius 1 is 1.53 bits per heavy atom. The van der Waals surface area contributed by atoms with Crippen LogP contribution in [-0.2, 0) is 16.0 Å². The summed E-state index contributed by atoms with van der Waals surface area (Å²) in [5, 5.41) is 0. The van der Waals surface area contributed by atoms with E-state index in [4.69, 9.17) is 4.74 Å². The van der Waals surface area contributed by atoms with Crippen molar-refractivity contribution in [3.05, 3.63) is 35.8 Å². The predicted octanol–water partition coefficient (Wildman–Crippen LogP) is 1.25. The van der Waals surface area contributed by atoms with Crippen molar-refractivity contribution >= 4 is 17.9 Å². The van der Waals surface area contributed by atoms with Gasteiger partial charge in [-0.1, -0.05) is 6.07 Å². The second-order valence-electron chi connectivity index (χ2n) is 3.46. The number of esters is 1. The fourth-order valence-corrected chi connectivity index (χ4v) is 1.62. The van der Waals surface area contributed by atoms with Gasteiger partial charge >= 0.3 is 5.97 Å². The molecule has 0 aliphatic heterocycles. The standard InChI is InChI=1S/C12H12N2O3/c1-2-17-12(16)10-8-14-9(6-7-15)4-3-5-11(14)13-10/h3-5,7-8H,2,6H2,1H3. The van der Waals surface area contributed by atoms with Crippen molar-refractivity contribution in [1.82, 2.24) is 9.38 Å². The summed E-state index contributed by atoms with van der Waals surface area (Å²) in [6.07, 6.45) is 2.70. The average Bonchev–Trinajstić information content (AvgIpc) is 2.75. The molecule has 2 heterocycles. The molecule has 88 valence electrons. The van der Waals surface area contributed by atoms with E-state index in [2.05, 4.69) is 4.98 Å². The maximum atomic E-state index is 11.5. The monoisotopic (exact) mass is 232 g/mol. The largest absolute Gasteiger partial charge is 0.461 e. The number of imidazole rings is 1. The van der Waals surface area contributed by atoms with E-state index in [1.54, 1.807) is 29.7 Å². The van der Waals surface area contributed by atoms with E-state index in [0.29, 0.717) is 12.3 Å². The molecule has 0 amide bonds. The first-order chi connectivity index (χ1) is 8.26. The third-order valence-electron chi connectivity index (χ3n) is 2.35. The van der Waals surface area contributed by atoms with Gasteiger partial charge in [0.25, 0.3) is 0 Å². The third kappa shape index (κ3) is 2.18. The number of pyridine rings is 1. The van der Waals surface area contributed by atoms with Crippen LogP contribution >= 0.6 is 0 Å². The minimum Gasteiger partial charge on any atom is -0.461 e. The van der Waals surface area contributed by atoms with Gasteiger partial charge in [0, 0.05) is 18.3 Å². The number of carbonyl (C=O) groups excluding carboxylic acids is 2. The normalized spacial score (nSPS) is 10.4. The molecule has 0 unspecified atom stereocenters. The average molecular weight is 232 g/mol. The van der Waals surface area contributed by atoms with E-state index in [-0.39, 0.29) is 12.1 Å². The molecule has 2 rings (SSSR count). The molecule has 0 bridgehead atoms. The zero-order chi connectivity index (χ0) is 12.3. The Balaban J connectivity index is 2.45. The van der Waals surface area contributed by atoms with Crippen LogP contribution in [0.3, 0.4) is 0 Å². The van der Waals surface area contributed by atoms with Crippen LogP contribution in [0.1, 0.15) is 23.1 Å². The Bertz CT molecular complexity index is 560. The number of carbonyl (C=O) groups is 2. The molecular formula is C12H12N2O3. The first-order valence-electron chi connectivity index (χ1n) is 5.34. The van der Waals surface area contributed by atoms with E-state index >= 15 is 0 Å². The van der Waals surface area contributed by atoms with Crippen molar-refractivity contribution in [3.8, 4) is 0 Å². The highest BCUT2D eigenvalue weighted by Gasteiger charge is 2.12. The number of hydrogen-bond donors (Lipinski definition) is 0. The van der Waals surface area contributed by atoms with Crippen molar-refractivity contribution in [2.24, 2.45) is 0 Å².